The van der Waals surface area contributed by atoms with Crippen LogP contribution in [0.4, 0.5) is 0 Å². The summed E-state index contributed by atoms with van der Waals surface area (Å²) >= 11 is 0. The molecule has 0 saturated carbocycles. The average Bonchev–Trinajstić information content (AvgIpc) is 3.27. The van der Waals surface area contributed by atoms with E-state index in [-0.39, 0.29) is 23.8 Å². The Labute approximate surface area is 144 Å². The Morgan fingerprint density at radius 2 is 2.12 bits per heavy atom. The van der Waals surface area contributed by atoms with E-state index in [0.717, 1.165) is 28.3 Å². The fourth-order valence-electron chi connectivity index (χ4n) is 4.01. The molecule has 3 unspecified atom stereocenters. The van der Waals surface area contributed by atoms with Gasteiger partial charge in [0.05, 0.1) is 24.4 Å². The number of hydrogen-bond acceptors (Lipinski definition) is 6. The number of allylic oxidation sites excluding steroid dienone is 1. The van der Waals surface area contributed by atoms with Crippen LogP contribution in [0.15, 0.2) is 64.1 Å². The van der Waals surface area contributed by atoms with Gasteiger partial charge in [-0.15, -0.1) is 0 Å². The van der Waals surface area contributed by atoms with Gasteiger partial charge in [-0.25, -0.2) is 4.79 Å². The zero-order chi connectivity index (χ0) is 17.0. The number of carbonyl (C=O) groups excluding carboxylic acids is 1. The van der Waals surface area contributed by atoms with Gasteiger partial charge in [-0.2, -0.15) is 5.10 Å². The van der Waals surface area contributed by atoms with E-state index in [1.165, 1.54) is 0 Å². The predicted molar refractivity (Wildman–Crippen MR) is 91.9 cm³/mol. The van der Waals surface area contributed by atoms with E-state index in [1.54, 1.807) is 7.11 Å². The number of cyclic esters (lactones) is 1. The molecule has 1 aromatic rings. The van der Waals surface area contributed by atoms with E-state index in [2.05, 4.69) is 28.0 Å². The van der Waals surface area contributed by atoms with Gasteiger partial charge in [-0.1, -0.05) is 18.2 Å². The fraction of sp³-hybridized carbons (Fsp3) is 0.263. The molecule has 6 heteroatoms. The number of nitrogens with one attached hydrogen (secondary N) is 2. The monoisotopic (exact) mass is 335 g/mol. The highest BCUT2D eigenvalue weighted by molar-refractivity contribution is 5.95. The first-order valence-electron chi connectivity index (χ1n) is 8.28. The predicted octanol–water partition coefficient (Wildman–Crippen LogP) is 1.59. The number of methoxy groups -OCH3 is 1. The Balaban J connectivity index is 1.66. The van der Waals surface area contributed by atoms with Crippen LogP contribution in [0, 0.1) is 5.92 Å². The largest absolute Gasteiger partial charge is 0.497 e. The molecule has 6 nitrogen and oxygen atoms in total. The SMILES string of the molecule is COc1ccc(C2C3=C(COC3=O)NC3=C2C2NN=CC2C=C3)cc1. The quantitative estimate of drug-likeness (QED) is 0.803. The Kier molecular flexibility index (Phi) is 3.00. The minimum Gasteiger partial charge on any atom is -0.497 e. The third kappa shape index (κ3) is 2.03. The zero-order valence-electron chi connectivity index (χ0n) is 13.7. The molecule has 1 aliphatic carbocycles. The minimum absolute atomic E-state index is 0.0436. The molecule has 0 amide bonds. The fourth-order valence-corrected chi connectivity index (χ4v) is 4.01. The normalized spacial score (nSPS) is 28.8. The third-order valence-corrected chi connectivity index (χ3v) is 5.20. The van der Waals surface area contributed by atoms with Gasteiger partial charge in [-0.05, 0) is 29.3 Å². The molecule has 1 aromatic carbocycles. The van der Waals surface area contributed by atoms with Crippen LogP contribution in [-0.4, -0.2) is 31.9 Å². The molecule has 25 heavy (non-hydrogen) atoms. The van der Waals surface area contributed by atoms with E-state index in [1.807, 2.05) is 30.5 Å². The van der Waals surface area contributed by atoms with Gasteiger partial charge in [0.25, 0.3) is 0 Å². The van der Waals surface area contributed by atoms with Crippen LogP contribution in [0.25, 0.3) is 0 Å². The number of esters is 1. The maximum atomic E-state index is 12.4. The molecular formula is C19H17N3O3. The summed E-state index contributed by atoms with van der Waals surface area (Å²) in [5.41, 5.74) is 7.95. The molecule has 0 radical (unpaired) electrons. The number of dihydropyridines is 1. The van der Waals surface area contributed by atoms with Crippen molar-refractivity contribution in [3.63, 3.8) is 0 Å². The first kappa shape index (κ1) is 14.3. The molecule has 2 N–H and O–H groups in total. The number of hydrazone groups is 1. The lowest BCUT2D eigenvalue weighted by Crippen LogP contribution is -2.40. The van der Waals surface area contributed by atoms with Gasteiger partial charge in [0.1, 0.15) is 12.4 Å². The Bertz CT molecular complexity index is 880. The zero-order valence-corrected chi connectivity index (χ0v) is 13.7. The van der Waals surface area contributed by atoms with Crippen molar-refractivity contribution in [2.24, 2.45) is 11.0 Å². The van der Waals surface area contributed by atoms with Gasteiger partial charge in [-0.3, -0.25) is 0 Å². The summed E-state index contributed by atoms with van der Waals surface area (Å²) in [6, 6.07) is 7.92. The summed E-state index contributed by atoms with van der Waals surface area (Å²) in [6.07, 6.45) is 6.12. The number of nitrogens with zero attached hydrogens (tertiary/aromatic N) is 1. The average molecular weight is 335 g/mol. The van der Waals surface area contributed by atoms with Crippen LogP contribution in [0.1, 0.15) is 11.5 Å². The van der Waals surface area contributed by atoms with E-state index >= 15 is 0 Å². The maximum absolute atomic E-state index is 12.4. The van der Waals surface area contributed by atoms with Crippen molar-refractivity contribution in [3.8, 4) is 5.75 Å². The van der Waals surface area contributed by atoms with Crippen molar-refractivity contribution in [2.45, 2.75) is 12.0 Å². The van der Waals surface area contributed by atoms with Crippen LogP contribution < -0.4 is 15.5 Å². The third-order valence-electron chi connectivity index (χ3n) is 5.20. The van der Waals surface area contributed by atoms with Crippen LogP contribution in [0.3, 0.4) is 0 Å². The summed E-state index contributed by atoms with van der Waals surface area (Å²) in [6.45, 7) is 0.295. The van der Waals surface area contributed by atoms with Gasteiger partial charge in [0.15, 0.2) is 0 Å². The van der Waals surface area contributed by atoms with E-state index in [4.69, 9.17) is 9.47 Å². The molecule has 4 aliphatic rings. The molecular weight excluding hydrogens is 318 g/mol. The molecule has 0 saturated heterocycles. The Morgan fingerprint density at radius 3 is 2.92 bits per heavy atom. The molecule has 3 heterocycles. The molecule has 126 valence electrons. The number of rotatable bonds is 2. The Hall–Kier alpha value is -3.02. The van der Waals surface area contributed by atoms with Crippen molar-refractivity contribution in [1.82, 2.24) is 10.7 Å². The van der Waals surface area contributed by atoms with Crippen LogP contribution in [-0.2, 0) is 9.53 Å². The number of ether oxygens (including phenoxy) is 2. The van der Waals surface area contributed by atoms with Crippen molar-refractivity contribution in [3.05, 3.63) is 64.5 Å². The van der Waals surface area contributed by atoms with E-state index in [9.17, 15) is 4.79 Å². The highest BCUT2D eigenvalue weighted by Gasteiger charge is 2.44. The number of hydrogen-bond donors (Lipinski definition) is 2. The molecule has 0 bridgehead atoms. The lowest BCUT2D eigenvalue weighted by molar-refractivity contribution is -0.136. The second-order valence-corrected chi connectivity index (χ2v) is 6.49. The molecule has 5 rings (SSSR count). The van der Waals surface area contributed by atoms with Crippen LogP contribution >= 0.6 is 0 Å². The summed E-state index contributed by atoms with van der Waals surface area (Å²) < 4.78 is 10.6. The van der Waals surface area contributed by atoms with Gasteiger partial charge in [0, 0.05) is 23.7 Å². The van der Waals surface area contributed by atoms with Crippen molar-refractivity contribution >= 4 is 12.2 Å². The summed E-state index contributed by atoms with van der Waals surface area (Å²) in [5.74, 6) is 0.582. The van der Waals surface area contributed by atoms with Crippen LogP contribution in [0.5, 0.6) is 5.75 Å². The van der Waals surface area contributed by atoms with Gasteiger partial charge < -0.3 is 20.2 Å². The van der Waals surface area contributed by atoms with Gasteiger partial charge in [0.2, 0.25) is 0 Å². The highest BCUT2D eigenvalue weighted by Crippen LogP contribution is 2.45. The molecule has 0 spiro atoms. The summed E-state index contributed by atoms with van der Waals surface area (Å²) in [5, 5.41) is 7.63. The van der Waals surface area contributed by atoms with Crippen molar-refractivity contribution < 1.29 is 14.3 Å². The Morgan fingerprint density at radius 1 is 1.28 bits per heavy atom. The number of carbonyl (C=O) groups is 1. The second-order valence-electron chi connectivity index (χ2n) is 6.49. The molecule has 3 aliphatic heterocycles. The van der Waals surface area contributed by atoms with Crippen molar-refractivity contribution in [1.29, 1.82) is 0 Å². The molecule has 0 aromatic heterocycles. The maximum Gasteiger partial charge on any atom is 0.337 e. The van der Waals surface area contributed by atoms with Crippen LogP contribution in [0.2, 0.25) is 0 Å². The minimum atomic E-state index is -0.250. The lowest BCUT2D eigenvalue weighted by atomic mass is 9.73. The topological polar surface area (TPSA) is 72.0 Å². The smallest absolute Gasteiger partial charge is 0.337 e. The first-order valence-corrected chi connectivity index (χ1v) is 8.28. The lowest BCUT2D eigenvalue weighted by Gasteiger charge is -2.35. The summed E-state index contributed by atoms with van der Waals surface area (Å²) in [4.78, 5) is 12.4. The van der Waals surface area contributed by atoms with E-state index in [0.29, 0.717) is 12.2 Å². The standard InChI is InChI=1S/C19H17N3O3/c1-24-12-5-2-10(3-6-12)15-16-13(7-4-11-8-20-22-18(11)16)21-14-9-25-19(23)17(14)15/h2-8,11,15,18,21-22H,9H2,1H3. The molecule has 0 fully saturated rings. The summed E-state index contributed by atoms with van der Waals surface area (Å²) in [7, 11) is 1.64. The second kappa shape index (κ2) is 5.24. The molecule has 3 atom stereocenters. The number of benzene rings is 1. The van der Waals surface area contributed by atoms with E-state index < -0.39 is 0 Å². The van der Waals surface area contributed by atoms with Crippen molar-refractivity contribution in [2.75, 3.05) is 13.7 Å². The van der Waals surface area contributed by atoms with Gasteiger partial charge >= 0.3 is 5.97 Å². The number of fused-ring (bicyclic) bond motifs is 2. The highest BCUT2D eigenvalue weighted by atomic mass is 16.5. The first-order chi connectivity index (χ1) is 12.3.